The number of hydrogen-bond donors (Lipinski definition) is 3. The van der Waals surface area contributed by atoms with Crippen molar-refractivity contribution < 1.29 is 9.53 Å². The molecule has 7 heteroatoms. The summed E-state index contributed by atoms with van der Waals surface area (Å²) in [5, 5.41) is 9.27. The number of amides is 1. The van der Waals surface area contributed by atoms with Crippen LogP contribution in [0.4, 0.5) is 0 Å². The van der Waals surface area contributed by atoms with Crippen LogP contribution >= 0.6 is 24.0 Å². The molecule has 146 valence electrons. The number of halogens is 1. The van der Waals surface area contributed by atoms with Gasteiger partial charge in [-0.05, 0) is 18.4 Å². The smallest absolute Gasteiger partial charge is 0.239 e. The second kappa shape index (κ2) is 12.1. The minimum absolute atomic E-state index is 0. The quantitative estimate of drug-likeness (QED) is 0.233. The van der Waals surface area contributed by atoms with E-state index in [2.05, 4.69) is 51.3 Å². The molecule has 0 bridgehead atoms. The lowest BCUT2D eigenvalue weighted by atomic mass is 9.79. The van der Waals surface area contributed by atoms with Gasteiger partial charge in [-0.1, -0.05) is 43.2 Å². The van der Waals surface area contributed by atoms with Gasteiger partial charge < -0.3 is 20.7 Å². The van der Waals surface area contributed by atoms with Crippen molar-refractivity contribution in [2.75, 3.05) is 40.4 Å². The lowest BCUT2D eigenvalue weighted by Crippen LogP contribution is -2.47. The first kappa shape index (κ1) is 22.7. The molecule has 1 saturated carbocycles. The summed E-state index contributed by atoms with van der Waals surface area (Å²) in [5.74, 6) is 0.586. The molecule has 0 atom stereocenters. The lowest BCUT2D eigenvalue weighted by Gasteiger charge is -2.30. The Kier molecular flexibility index (Phi) is 10.6. The Bertz CT molecular complexity index is 560. The summed E-state index contributed by atoms with van der Waals surface area (Å²) in [6, 6.07) is 10.7. The van der Waals surface area contributed by atoms with Crippen LogP contribution in [0.5, 0.6) is 0 Å². The topological polar surface area (TPSA) is 74.8 Å². The van der Waals surface area contributed by atoms with Crippen LogP contribution in [0.3, 0.4) is 0 Å². The molecule has 3 N–H and O–H groups in total. The van der Waals surface area contributed by atoms with E-state index in [0.717, 1.165) is 6.54 Å². The fraction of sp³-hybridized carbons (Fsp3) is 0.579. The fourth-order valence-corrected chi connectivity index (χ4v) is 3.40. The van der Waals surface area contributed by atoms with Crippen molar-refractivity contribution in [1.29, 1.82) is 0 Å². The van der Waals surface area contributed by atoms with Crippen LogP contribution in [0.1, 0.15) is 31.2 Å². The van der Waals surface area contributed by atoms with Gasteiger partial charge in [0.05, 0.1) is 13.2 Å². The first-order valence-corrected chi connectivity index (χ1v) is 8.96. The molecule has 1 aromatic carbocycles. The molecule has 1 fully saturated rings. The summed E-state index contributed by atoms with van der Waals surface area (Å²) >= 11 is 0. The SMILES string of the molecule is CN=C(NCC(=O)NCCOC)NCC1(c2ccccc2)CCCC1.I. The van der Waals surface area contributed by atoms with Crippen molar-refractivity contribution in [2.24, 2.45) is 4.99 Å². The molecule has 1 aliphatic carbocycles. The number of ether oxygens (including phenoxy) is 1. The largest absolute Gasteiger partial charge is 0.383 e. The van der Waals surface area contributed by atoms with E-state index >= 15 is 0 Å². The van der Waals surface area contributed by atoms with Gasteiger partial charge in [0.1, 0.15) is 0 Å². The van der Waals surface area contributed by atoms with Gasteiger partial charge in [-0.2, -0.15) is 0 Å². The summed E-state index contributed by atoms with van der Waals surface area (Å²) in [6.45, 7) is 2.04. The molecular formula is C19H31IN4O2. The zero-order valence-corrected chi connectivity index (χ0v) is 18.0. The van der Waals surface area contributed by atoms with Gasteiger partial charge >= 0.3 is 0 Å². The van der Waals surface area contributed by atoms with E-state index in [-0.39, 0.29) is 41.8 Å². The van der Waals surface area contributed by atoms with Crippen LogP contribution in [0.15, 0.2) is 35.3 Å². The Morgan fingerprint density at radius 1 is 1.15 bits per heavy atom. The van der Waals surface area contributed by atoms with Crippen LogP contribution in [0.2, 0.25) is 0 Å². The molecule has 0 unspecified atom stereocenters. The molecule has 0 saturated heterocycles. The molecule has 26 heavy (non-hydrogen) atoms. The number of guanidine groups is 1. The van der Waals surface area contributed by atoms with Gasteiger partial charge in [-0.25, -0.2) is 0 Å². The summed E-state index contributed by atoms with van der Waals surface area (Å²) < 4.78 is 4.92. The maximum absolute atomic E-state index is 11.8. The third-order valence-corrected chi connectivity index (χ3v) is 4.81. The van der Waals surface area contributed by atoms with E-state index in [1.165, 1.54) is 31.2 Å². The van der Waals surface area contributed by atoms with E-state index in [9.17, 15) is 4.79 Å². The molecule has 2 rings (SSSR count). The maximum atomic E-state index is 11.8. The highest BCUT2D eigenvalue weighted by Crippen LogP contribution is 2.40. The molecule has 0 radical (unpaired) electrons. The number of methoxy groups -OCH3 is 1. The standard InChI is InChI=1S/C19H30N4O2.HI/c1-20-18(22-14-17(24)21-12-13-25-2)23-15-19(10-6-7-11-19)16-8-4-3-5-9-16;/h3-5,8-9H,6-7,10-15H2,1-2H3,(H,21,24)(H2,20,22,23);1H. The molecule has 1 amide bonds. The Balaban J connectivity index is 0.00000338. The summed E-state index contributed by atoms with van der Waals surface area (Å²) in [7, 11) is 3.34. The van der Waals surface area contributed by atoms with E-state index in [1.54, 1.807) is 14.2 Å². The second-order valence-electron chi connectivity index (χ2n) is 6.48. The number of rotatable bonds is 8. The number of hydrogen-bond acceptors (Lipinski definition) is 3. The van der Waals surface area contributed by atoms with Crippen molar-refractivity contribution >= 4 is 35.8 Å². The van der Waals surface area contributed by atoms with E-state index in [0.29, 0.717) is 19.1 Å². The van der Waals surface area contributed by atoms with Crippen molar-refractivity contribution in [3.63, 3.8) is 0 Å². The van der Waals surface area contributed by atoms with Gasteiger partial charge in [0.25, 0.3) is 0 Å². The summed E-state index contributed by atoms with van der Waals surface area (Å²) in [4.78, 5) is 16.0. The van der Waals surface area contributed by atoms with Crippen LogP contribution in [-0.2, 0) is 14.9 Å². The predicted octanol–water partition coefficient (Wildman–Crippen LogP) is 2.04. The van der Waals surface area contributed by atoms with Crippen molar-refractivity contribution in [1.82, 2.24) is 16.0 Å². The van der Waals surface area contributed by atoms with E-state index < -0.39 is 0 Å². The van der Waals surface area contributed by atoms with Crippen molar-refractivity contribution in [2.45, 2.75) is 31.1 Å². The third kappa shape index (κ3) is 6.75. The normalized spacial score (nSPS) is 15.8. The van der Waals surface area contributed by atoms with E-state index in [4.69, 9.17) is 4.74 Å². The second-order valence-corrected chi connectivity index (χ2v) is 6.48. The fourth-order valence-electron chi connectivity index (χ4n) is 3.40. The van der Waals surface area contributed by atoms with Crippen molar-refractivity contribution in [3.8, 4) is 0 Å². The average Bonchev–Trinajstić information content (AvgIpc) is 3.13. The average molecular weight is 474 g/mol. The van der Waals surface area contributed by atoms with Gasteiger partial charge in [0.2, 0.25) is 5.91 Å². The third-order valence-electron chi connectivity index (χ3n) is 4.81. The van der Waals surface area contributed by atoms with Gasteiger partial charge in [-0.3, -0.25) is 9.79 Å². The monoisotopic (exact) mass is 474 g/mol. The number of nitrogens with one attached hydrogen (secondary N) is 3. The zero-order valence-electron chi connectivity index (χ0n) is 15.7. The maximum Gasteiger partial charge on any atom is 0.239 e. The van der Waals surface area contributed by atoms with Gasteiger partial charge in [-0.15, -0.1) is 24.0 Å². The number of benzene rings is 1. The Labute approximate surface area is 173 Å². The minimum atomic E-state index is -0.0707. The molecule has 0 aromatic heterocycles. The molecule has 6 nitrogen and oxygen atoms in total. The number of aliphatic imine (C=N–C) groups is 1. The van der Waals surface area contributed by atoms with E-state index in [1.807, 2.05) is 0 Å². The van der Waals surface area contributed by atoms with Gasteiger partial charge in [0.15, 0.2) is 5.96 Å². The molecule has 0 aliphatic heterocycles. The minimum Gasteiger partial charge on any atom is -0.383 e. The molecular weight excluding hydrogens is 443 g/mol. The molecule has 1 aliphatic rings. The van der Waals surface area contributed by atoms with Crippen LogP contribution in [0, 0.1) is 0 Å². The number of nitrogens with zero attached hydrogens (tertiary/aromatic N) is 1. The number of carbonyl (C=O) groups excluding carboxylic acids is 1. The number of carbonyl (C=O) groups is 1. The summed E-state index contributed by atoms with van der Waals surface area (Å²) in [5.41, 5.74) is 1.53. The Hall–Kier alpha value is -1.35. The highest BCUT2D eigenvalue weighted by Gasteiger charge is 2.35. The zero-order chi connectivity index (χ0) is 18.0. The Morgan fingerprint density at radius 2 is 1.85 bits per heavy atom. The van der Waals surface area contributed by atoms with Crippen molar-refractivity contribution in [3.05, 3.63) is 35.9 Å². The molecule has 0 spiro atoms. The first-order valence-electron chi connectivity index (χ1n) is 8.96. The van der Waals surface area contributed by atoms with Gasteiger partial charge in [0, 0.05) is 32.7 Å². The van der Waals surface area contributed by atoms with Crippen LogP contribution in [-0.4, -0.2) is 52.3 Å². The highest BCUT2D eigenvalue weighted by molar-refractivity contribution is 14.0. The first-order chi connectivity index (χ1) is 12.2. The predicted molar refractivity (Wildman–Crippen MR) is 116 cm³/mol. The van der Waals surface area contributed by atoms with Crippen LogP contribution in [0.25, 0.3) is 0 Å². The molecule has 0 heterocycles. The highest BCUT2D eigenvalue weighted by atomic mass is 127. The van der Waals surface area contributed by atoms with Crippen LogP contribution < -0.4 is 16.0 Å². The Morgan fingerprint density at radius 3 is 2.46 bits per heavy atom. The molecule has 1 aromatic rings. The summed E-state index contributed by atoms with van der Waals surface area (Å²) in [6.07, 6.45) is 4.87. The lowest BCUT2D eigenvalue weighted by molar-refractivity contribution is -0.120.